The lowest BCUT2D eigenvalue weighted by Gasteiger charge is -2.31. The molecule has 0 aromatic heterocycles. The summed E-state index contributed by atoms with van der Waals surface area (Å²) >= 11 is 1.55. The Hall–Kier alpha value is -0.850. The van der Waals surface area contributed by atoms with Crippen LogP contribution in [0.5, 0.6) is 0 Å². The van der Waals surface area contributed by atoms with Gasteiger partial charge in [-0.2, -0.15) is 0 Å². The van der Waals surface area contributed by atoms with Gasteiger partial charge in [-0.05, 0) is 32.1 Å². The molecule has 1 saturated heterocycles. The molecule has 0 spiro atoms. The van der Waals surface area contributed by atoms with Gasteiger partial charge in [-0.3, -0.25) is 4.79 Å². The summed E-state index contributed by atoms with van der Waals surface area (Å²) in [5.74, 6) is -0.0701. The van der Waals surface area contributed by atoms with Crippen molar-refractivity contribution in [1.82, 2.24) is 4.31 Å². The van der Waals surface area contributed by atoms with Gasteiger partial charge in [-0.15, -0.1) is 11.8 Å². The van der Waals surface area contributed by atoms with Crippen LogP contribution in [0.15, 0.2) is 29.2 Å². The second-order valence-corrected chi connectivity index (χ2v) is 8.27. The number of piperidine rings is 1. The van der Waals surface area contributed by atoms with Crippen LogP contribution in [0.4, 0.5) is 0 Å². The second-order valence-electron chi connectivity index (χ2n) is 5.16. The Balaban J connectivity index is 2.20. The molecule has 21 heavy (non-hydrogen) atoms. The van der Waals surface area contributed by atoms with E-state index in [1.807, 2.05) is 30.5 Å². The maximum atomic E-state index is 12.7. The molecule has 1 fully saturated rings. The normalized spacial score (nSPS) is 20.4. The molecule has 1 aliphatic rings. The van der Waals surface area contributed by atoms with Crippen molar-refractivity contribution >= 4 is 27.6 Å². The maximum Gasteiger partial charge on any atom is 0.213 e. The lowest BCUT2D eigenvalue weighted by Crippen LogP contribution is -2.43. The molecule has 0 saturated carbocycles. The van der Waals surface area contributed by atoms with Gasteiger partial charge in [0.1, 0.15) is 0 Å². The highest BCUT2D eigenvalue weighted by molar-refractivity contribution is 7.98. The summed E-state index contributed by atoms with van der Waals surface area (Å²) in [7, 11) is -3.21. The largest absolute Gasteiger partial charge is 0.294 e. The number of hydrogen-bond acceptors (Lipinski definition) is 4. The number of hydrogen-bond donors (Lipinski definition) is 0. The minimum Gasteiger partial charge on any atom is -0.294 e. The molecule has 0 aliphatic carbocycles. The zero-order valence-electron chi connectivity index (χ0n) is 12.4. The number of carbonyl (C=O) groups is 1. The molecule has 1 aliphatic heterocycles. The number of benzene rings is 1. The molecule has 0 radical (unpaired) electrons. The number of rotatable bonds is 5. The van der Waals surface area contributed by atoms with Crippen molar-refractivity contribution in [3.63, 3.8) is 0 Å². The first-order chi connectivity index (χ1) is 9.99. The third kappa shape index (κ3) is 3.67. The highest BCUT2D eigenvalue weighted by atomic mass is 32.2. The summed E-state index contributed by atoms with van der Waals surface area (Å²) in [6, 6.07) is 7.54. The van der Waals surface area contributed by atoms with E-state index in [1.54, 1.807) is 18.7 Å². The van der Waals surface area contributed by atoms with E-state index in [-0.39, 0.29) is 17.5 Å². The van der Waals surface area contributed by atoms with Crippen molar-refractivity contribution in [2.24, 2.45) is 5.92 Å². The van der Waals surface area contributed by atoms with Crippen LogP contribution in [0.3, 0.4) is 0 Å². The van der Waals surface area contributed by atoms with Gasteiger partial charge in [0.2, 0.25) is 10.0 Å². The van der Waals surface area contributed by atoms with Crippen molar-refractivity contribution in [2.45, 2.75) is 24.7 Å². The predicted octanol–water partition coefficient (Wildman–Crippen LogP) is 2.65. The van der Waals surface area contributed by atoms with E-state index in [2.05, 4.69) is 0 Å². The van der Waals surface area contributed by atoms with Crippen LogP contribution in [0, 0.1) is 5.92 Å². The van der Waals surface area contributed by atoms with Gasteiger partial charge in [0, 0.05) is 29.5 Å². The van der Waals surface area contributed by atoms with Crippen LogP contribution in [0.1, 0.15) is 30.1 Å². The molecular formula is C15H21NO3S2. The van der Waals surface area contributed by atoms with E-state index in [9.17, 15) is 13.2 Å². The monoisotopic (exact) mass is 327 g/mol. The van der Waals surface area contributed by atoms with Crippen molar-refractivity contribution in [3.8, 4) is 0 Å². The molecule has 1 aromatic rings. The lowest BCUT2D eigenvalue weighted by atomic mass is 9.91. The number of sulfonamides is 1. The summed E-state index contributed by atoms with van der Waals surface area (Å²) in [4.78, 5) is 13.7. The third-order valence-corrected chi connectivity index (χ3v) is 6.53. The Morgan fingerprint density at radius 3 is 2.76 bits per heavy atom. The van der Waals surface area contributed by atoms with Gasteiger partial charge >= 0.3 is 0 Å². The molecule has 0 unspecified atom stereocenters. The summed E-state index contributed by atoms with van der Waals surface area (Å²) < 4.78 is 25.5. The molecule has 0 N–H and O–H groups in total. The number of nitrogens with zero attached hydrogens (tertiary/aromatic N) is 1. The quantitative estimate of drug-likeness (QED) is 0.616. The van der Waals surface area contributed by atoms with Crippen molar-refractivity contribution in [3.05, 3.63) is 29.8 Å². The lowest BCUT2D eigenvalue weighted by molar-refractivity contribution is 0.0869. The molecule has 6 heteroatoms. The van der Waals surface area contributed by atoms with Crippen molar-refractivity contribution < 1.29 is 13.2 Å². The molecule has 4 nitrogen and oxygen atoms in total. The van der Waals surface area contributed by atoms with Gasteiger partial charge < -0.3 is 0 Å². The van der Waals surface area contributed by atoms with Gasteiger partial charge in [-0.1, -0.05) is 18.2 Å². The Kier molecular flexibility index (Phi) is 5.46. The van der Waals surface area contributed by atoms with Crippen molar-refractivity contribution in [1.29, 1.82) is 0 Å². The Labute approximate surface area is 131 Å². The van der Waals surface area contributed by atoms with Gasteiger partial charge in [0.15, 0.2) is 5.78 Å². The maximum absolute atomic E-state index is 12.7. The molecular weight excluding hydrogens is 306 g/mol. The predicted molar refractivity (Wildman–Crippen MR) is 86.3 cm³/mol. The van der Waals surface area contributed by atoms with E-state index in [0.717, 1.165) is 17.7 Å². The minimum absolute atomic E-state index is 0.0657. The fourth-order valence-electron chi connectivity index (χ4n) is 2.66. The number of ketones is 1. The second kappa shape index (κ2) is 6.94. The topological polar surface area (TPSA) is 54.5 Å². The van der Waals surface area contributed by atoms with Gasteiger partial charge in [0.25, 0.3) is 0 Å². The van der Waals surface area contributed by atoms with Crippen LogP contribution < -0.4 is 0 Å². The van der Waals surface area contributed by atoms with E-state index in [0.29, 0.717) is 18.7 Å². The standard InChI is InChI=1S/C15H21NO3S2/c1-3-21(18,19)16-10-6-7-12(11-16)15(17)13-8-4-5-9-14(13)20-2/h4-5,8-9,12H,3,6-7,10-11H2,1-2H3/t12-/m0/s1. The fraction of sp³-hybridized carbons (Fsp3) is 0.533. The Morgan fingerprint density at radius 2 is 2.10 bits per heavy atom. The summed E-state index contributed by atoms with van der Waals surface area (Å²) in [6.07, 6.45) is 3.45. The summed E-state index contributed by atoms with van der Waals surface area (Å²) in [5, 5.41) is 0. The number of Topliss-reactive ketones (excluding diaryl/α,β-unsaturated/α-hetero) is 1. The zero-order valence-corrected chi connectivity index (χ0v) is 14.0. The number of carbonyl (C=O) groups excluding carboxylic acids is 1. The first kappa shape index (κ1) is 16.5. The molecule has 1 heterocycles. The van der Waals surface area contributed by atoms with Crippen LogP contribution in [-0.2, 0) is 10.0 Å². The molecule has 1 atom stereocenters. The van der Waals surface area contributed by atoms with Crippen LogP contribution >= 0.6 is 11.8 Å². The molecule has 1 aromatic carbocycles. The summed E-state index contributed by atoms with van der Waals surface area (Å²) in [5.41, 5.74) is 0.714. The van der Waals surface area contributed by atoms with E-state index < -0.39 is 10.0 Å². The molecule has 0 amide bonds. The highest BCUT2D eigenvalue weighted by Crippen LogP contribution is 2.27. The molecule has 0 bridgehead atoms. The average Bonchev–Trinajstić information content (AvgIpc) is 2.54. The van der Waals surface area contributed by atoms with E-state index >= 15 is 0 Å². The Morgan fingerprint density at radius 1 is 1.38 bits per heavy atom. The van der Waals surface area contributed by atoms with Crippen LogP contribution in [-0.4, -0.2) is 43.6 Å². The SMILES string of the molecule is CCS(=O)(=O)N1CCC[C@H](C(=O)c2ccccc2SC)C1. The summed E-state index contributed by atoms with van der Waals surface area (Å²) in [6.45, 7) is 2.49. The zero-order chi connectivity index (χ0) is 15.5. The highest BCUT2D eigenvalue weighted by Gasteiger charge is 2.32. The molecule has 2 rings (SSSR count). The first-order valence-electron chi connectivity index (χ1n) is 7.14. The average molecular weight is 327 g/mol. The van der Waals surface area contributed by atoms with Crippen molar-refractivity contribution in [2.75, 3.05) is 25.1 Å². The first-order valence-corrected chi connectivity index (χ1v) is 9.98. The number of thioether (sulfide) groups is 1. The minimum atomic E-state index is -3.21. The van der Waals surface area contributed by atoms with Crippen LogP contribution in [0.25, 0.3) is 0 Å². The molecule has 116 valence electrons. The third-order valence-electron chi connectivity index (χ3n) is 3.89. The van der Waals surface area contributed by atoms with Crippen LogP contribution in [0.2, 0.25) is 0 Å². The van der Waals surface area contributed by atoms with Gasteiger partial charge in [0.05, 0.1) is 5.75 Å². The Bertz CT molecular complexity index is 613. The van der Waals surface area contributed by atoms with E-state index in [4.69, 9.17) is 0 Å². The van der Waals surface area contributed by atoms with E-state index in [1.165, 1.54) is 4.31 Å². The van der Waals surface area contributed by atoms with Gasteiger partial charge in [-0.25, -0.2) is 12.7 Å². The fourth-order valence-corrected chi connectivity index (χ4v) is 4.44. The smallest absolute Gasteiger partial charge is 0.213 e.